The standard InChI is InChI=1S/C22H29N5O4/c28-19(8-3-4-10-23-22-24-11-5-12-25-22)26-15-20(29)27-13-9-16-6-1-2-7-17(16)18(27)14-21(30)31/h1-2,5-7,11,18H,3-4,8-10,12-15H2,(H,26,28)(H,30,31)(H2,23,24,25). The van der Waals surface area contributed by atoms with Crippen molar-refractivity contribution in [3.05, 3.63) is 47.7 Å². The van der Waals surface area contributed by atoms with E-state index in [1.165, 1.54) is 0 Å². The van der Waals surface area contributed by atoms with Gasteiger partial charge >= 0.3 is 5.97 Å². The molecule has 2 aliphatic rings. The third-order valence-electron chi connectivity index (χ3n) is 5.35. The molecule has 3 rings (SSSR count). The summed E-state index contributed by atoms with van der Waals surface area (Å²) in [7, 11) is 0. The summed E-state index contributed by atoms with van der Waals surface area (Å²) < 4.78 is 0. The molecule has 1 aromatic rings. The Balaban J connectivity index is 1.41. The lowest BCUT2D eigenvalue weighted by atomic mass is 9.90. The third-order valence-corrected chi connectivity index (χ3v) is 5.35. The number of unbranched alkanes of at least 4 members (excludes halogenated alkanes) is 1. The van der Waals surface area contributed by atoms with Gasteiger partial charge in [-0.25, -0.2) is 4.99 Å². The van der Waals surface area contributed by atoms with Crippen LogP contribution >= 0.6 is 0 Å². The lowest BCUT2D eigenvalue weighted by Crippen LogP contribution is -2.45. The van der Waals surface area contributed by atoms with E-state index in [4.69, 9.17) is 0 Å². The molecule has 2 amide bonds. The lowest BCUT2D eigenvalue weighted by molar-refractivity contribution is -0.141. The summed E-state index contributed by atoms with van der Waals surface area (Å²) in [5.74, 6) is -0.666. The Morgan fingerprint density at radius 3 is 2.84 bits per heavy atom. The van der Waals surface area contributed by atoms with Gasteiger partial charge in [0.1, 0.15) is 0 Å². The van der Waals surface area contributed by atoms with E-state index >= 15 is 0 Å². The van der Waals surface area contributed by atoms with Crippen LogP contribution in [0.2, 0.25) is 0 Å². The predicted molar refractivity (Wildman–Crippen MR) is 116 cm³/mol. The first-order chi connectivity index (χ1) is 15.0. The second-order valence-corrected chi connectivity index (χ2v) is 7.55. The fourth-order valence-electron chi connectivity index (χ4n) is 3.80. The zero-order valence-electron chi connectivity index (χ0n) is 17.5. The number of carboxylic acids is 1. The van der Waals surface area contributed by atoms with Crippen molar-refractivity contribution in [1.82, 2.24) is 20.9 Å². The van der Waals surface area contributed by atoms with Crippen molar-refractivity contribution in [3.63, 3.8) is 0 Å². The van der Waals surface area contributed by atoms with Gasteiger partial charge in [0.05, 0.1) is 25.6 Å². The Kier molecular flexibility index (Phi) is 8.03. The molecule has 0 radical (unpaired) electrons. The number of nitrogens with one attached hydrogen (secondary N) is 3. The number of hydrogen-bond acceptors (Lipinski definition) is 6. The van der Waals surface area contributed by atoms with E-state index in [0.717, 1.165) is 23.5 Å². The first kappa shape index (κ1) is 22.3. The van der Waals surface area contributed by atoms with E-state index in [9.17, 15) is 19.5 Å². The Bertz CT molecular complexity index is 867. The number of carboxylic acid groups (broad SMARTS) is 1. The van der Waals surface area contributed by atoms with Crippen molar-refractivity contribution in [2.75, 3.05) is 26.2 Å². The molecule has 1 aromatic carbocycles. The SMILES string of the molecule is O=C(O)CC1c2ccccc2CCN1C(=O)CNC(=O)CCCCNC1=NCC=CN1. The van der Waals surface area contributed by atoms with Crippen molar-refractivity contribution in [2.24, 2.45) is 4.99 Å². The van der Waals surface area contributed by atoms with Gasteiger partial charge < -0.3 is 26.0 Å². The second-order valence-electron chi connectivity index (χ2n) is 7.55. The van der Waals surface area contributed by atoms with Crippen molar-refractivity contribution < 1.29 is 19.5 Å². The van der Waals surface area contributed by atoms with E-state index in [1.54, 1.807) is 4.90 Å². The number of nitrogens with zero attached hydrogens (tertiary/aromatic N) is 2. The maximum atomic E-state index is 12.7. The number of rotatable bonds is 9. The van der Waals surface area contributed by atoms with E-state index in [0.29, 0.717) is 38.9 Å². The summed E-state index contributed by atoms with van der Waals surface area (Å²) in [6.45, 7) is 1.68. The van der Waals surface area contributed by atoms with Crippen LogP contribution in [0.3, 0.4) is 0 Å². The Morgan fingerprint density at radius 2 is 2.06 bits per heavy atom. The molecule has 0 saturated carbocycles. The first-order valence-electron chi connectivity index (χ1n) is 10.6. The van der Waals surface area contributed by atoms with Gasteiger partial charge in [-0.2, -0.15) is 0 Å². The number of aliphatic carboxylic acids is 1. The predicted octanol–water partition coefficient (Wildman–Crippen LogP) is 0.936. The number of aliphatic imine (C=N–C) groups is 1. The van der Waals surface area contributed by atoms with Crippen LogP contribution in [-0.2, 0) is 20.8 Å². The highest BCUT2D eigenvalue weighted by atomic mass is 16.4. The monoisotopic (exact) mass is 427 g/mol. The van der Waals surface area contributed by atoms with Crippen LogP contribution in [0.15, 0.2) is 41.5 Å². The highest BCUT2D eigenvalue weighted by molar-refractivity contribution is 5.85. The van der Waals surface area contributed by atoms with Crippen molar-refractivity contribution >= 4 is 23.7 Å². The van der Waals surface area contributed by atoms with Gasteiger partial charge in [-0.1, -0.05) is 24.3 Å². The fourth-order valence-corrected chi connectivity index (χ4v) is 3.80. The summed E-state index contributed by atoms with van der Waals surface area (Å²) in [6, 6.07) is 7.10. The number of fused-ring (bicyclic) bond motifs is 1. The highest BCUT2D eigenvalue weighted by Gasteiger charge is 2.32. The molecule has 1 unspecified atom stereocenters. The Hall–Kier alpha value is -3.36. The molecule has 0 aliphatic carbocycles. The molecular formula is C22H29N5O4. The first-order valence-corrected chi connectivity index (χ1v) is 10.6. The summed E-state index contributed by atoms with van der Waals surface area (Å²) >= 11 is 0. The number of carbonyl (C=O) groups is 3. The minimum atomic E-state index is -0.956. The zero-order chi connectivity index (χ0) is 22.1. The molecule has 4 N–H and O–H groups in total. The fraction of sp³-hybridized carbons (Fsp3) is 0.455. The quantitative estimate of drug-likeness (QED) is 0.435. The molecule has 0 spiro atoms. The van der Waals surface area contributed by atoms with Crippen LogP contribution in [0, 0.1) is 0 Å². The van der Waals surface area contributed by atoms with Crippen LogP contribution in [0.1, 0.15) is 42.9 Å². The number of benzene rings is 1. The van der Waals surface area contributed by atoms with Gasteiger partial charge in [0.2, 0.25) is 11.8 Å². The summed E-state index contributed by atoms with van der Waals surface area (Å²) in [4.78, 5) is 42.0. The molecule has 2 heterocycles. The maximum absolute atomic E-state index is 12.7. The smallest absolute Gasteiger partial charge is 0.305 e. The van der Waals surface area contributed by atoms with E-state index in [1.807, 2.05) is 36.5 Å². The molecule has 0 fully saturated rings. The largest absolute Gasteiger partial charge is 0.481 e. The molecule has 31 heavy (non-hydrogen) atoms. The van der Waals surface area contributed by atoms with Crippen LogP contribution in [0.5, 0.6) is 0 Å². The lowest BCUT2D eigenvalue weighted by Gasteiger charge is -2.36. The molecule has 9 nitrogen and oxygen atoms in total. The van der Waals surface area contributed by atoms with Crippen LogP contribution in [-0.4, -0.2) is 59.9 Å². The normalized spacial score (nSPS) is 17.2. The van der Waals surface area contributed by atoms with Crippen LogP contribution in [0.25, 0.3) is 0 Å². The van der Waals surface area contributed by atoms with E-state index in [2.05, 4.69) is 20.9 Å². The van der Waals surface area contributed by atoms with Crippen molar-refractivity contribution in [3.8, 4) is 0 Å². The maximum Gasteiger partial charge on any atom is 0.305 e. The molecule has 2 aliphatic heterocycles. The molecule has 0 aromatic heterocycles. The van der Waals surface area contributed by atoms with E-state index < -0.39 is 12.0 Å². The topological polar surface area (TPSA) is 123 Å². The Labute approximate surface area is 181 Å². The molecule has 166 valence electrons. The molecule has 1 atom stereocenters. The number of hydrogen-bond donors (Lipinski definition) is 4. The van der Waals surface area contributed by atoms with Gasteiger partial charge in [-0.15, -0.1) is 0 Å². The number of guanidine groups is 1. The van der Waals surface area contributed by atoms with Crippen LogP contribution in [0.4, 0.5) is 0 Å². The average molecular weight is 428 g/mol. The molecule has 9 heteroatoms. The van der Waals surface area contributed by atoms with Gasteiger partial charge in [-0.3, -0.25) is 14.4 Å². The number of amides is 2. The van der Waals surface area contributed by atoms with Crippen LogP contribution < -0.4 is 16.0 Å². The third kappa shape index (κ3) is 6.56. The molecule has 0 saturated heterocycles. The summed E-state index contributed by atoms with van der Waals surface area (Å²) in [5, 5.41) is 18.1. The summed E-state index contributed by atoms with van der Waals surface area (Å²) in [6.07, 6.45) is 6.10. The van der Waals surface area contributed by atoms with Crippen molar-refractivity contribution in [2.45, 2.75) is 38.1 Å². The zero-order valence-corrected chi connectivity index (χ0v) is 17.5. The Morgan fingerprint density at radius 1 is 1.23 bits per heavy atom. The average Bonchev–Trinajstić information content (AvgIpc) is 2.78. The van der Waals surface area contributed by atoms with Gasteiger partial charge in [0.15, 0.2) is 5.96 Å². The second kappa shape index (κ2) is 11.1. The van der Waals surface area contributed by atoms with E-state index in [-0.39, 0.29) is 24.8 Å². The molecular weight excluding hydrogens is 398 g/mol. The van der Waals surface area contributed by atoms with Crippen molar-refractivity contribution in [1.29, 1.82) is 0 Å². The highest BCUT2D eigenvalue weighted by Crippen LogP contribution is 2.32. The van der Waals surface area contributed by atoms with Gasteiger partial charge in [0, 0.05) is 25.7 Å². The molecule has 0 bridgehead atoms. The minimum Gasteiger partial charge on any atom is -0.481 e. The van der Waals surface area contributed by atoms with Gasteiger partial charge in [-0.05, 0) is 36.5 Å². The number of carbonyl (C=O) groups excluding carboxylic acids is 2. The summed E-state index contributed by atoms with van der Waals surface area (Å²) in [5.41, 5.74) is 1.94. The minimum absolute atomic E-state index is 0.123. The van der Waals surface area contributed by atoms with Gasteiger partial charge in [0.25, 0.3) is 0 Å².